The molecule has 1 aromatic heterocycles. The lowest BCUT2D eigenvalue weighted by molar-refractivity contribution is -0.384. The van der Waals surface area contributed by atoms with Crippen LogP contribution in [0.25, 0.3) is 10.9 Å². The van der Waals surface area contributed by atoms with Crippen molar-refractivity contribution >= 4 is 28.2 Å². The number of nitro benzene ring substituents is 1. The summed E-state index contributed by atoms with van der Waals surface area (Å²) in [5.41, 5.74) is -2.67. The summed E-state index contributed by atoms with van der Waals surface area (Å²) in [7, 11) is 1.25. The van der Waals surface area contributed by atoms with E-state index in [4.69, 9.17) is 0 Å². The summed E-state index contributed by atoms with van der Waals surface area (Å²) in [6.07, 6.45) is -3.65. The maximum absolute atomic E-state index is 13.1. The van der Waals surface area contributed by atoms with E-state index in [9.17, 15) is 28.1 Å². The molecule has 0 fully saturated rings. The Balaban J connectivity index is 2.98. The molecule has 0 aliphatic heterocycles. The summed E-state index contributed by atoms with van der Waals surface area (Å²) in [6.45, 7) is 1.16. The summed E-state index contributed by atoms with van der Waals surface area (Å²) in [6, 6.07) is 3.02. The summed E-state index contributed by atoms with van der Waals surface area (Å²) >= 11 is 0. The number of rotatable bonds is 2. The summed E-state index contributed by atoms with van der Waals surface area (Å²) in [5.74, 6) is -0.548. The average Bonchev–Trinajstić information content (AvgIpc) is 2.43. The van der Waals surface area contributed by atoms with Gasteiger partial charge in [-0.1, -0.05) is 0 Å². The van der Waals surface area contributed by atoms with E-state index < -0.39 is 33.8 Å². The normalized spacial score (nSPS) is 11.5. The van der Waals surface area contributed by atoms with Crippen LogP contribution in [0.15, 0.2) is 24.4 Å². The largest absolute Gasteiger partial charge is 0.418 e. The lowest BCUT2D eigenvalue weighted by Gasteiger charge is -2.19. The van der Waals surface area contributed by atoms with Crippen molar-refractivity contribution in [2.45, 2.75) is 13.1 Å². The van der Waals surface area contributed by atoms with Crippen molar-refractivity contribution in [3.8, 4) is 0 Å². The number of carbonyl (C=O) groups is 1. The van der Waals surface area contributed by atoms with Gasteiger partial charge in [0.05, 0.1) is 16.0 Å². The van der Waals surface area contributed by atoms with Crippen molar-refractivity contribution in [2.75, 3.05) is 11.9 Å². The molecule has 1 amide bonds. The Morgan fingerprint density at radius 2 is 2.05 bits per heavy atom. The van der Waals surface area contributed by atoms with E-state index in [0.717, 1.165) is 18.0 Å². The Hall–Kier alpha value is -2.71. The van der Waals surface area contributed by atoms with Gasteiger partial charge in [-0.2, -0.15) is 13.2 Å². The molecule has 0 aliphatic rings. The first-order valence-electron chi connectivity index (χ1n) is 6.02. The number of hydrogen-bond donors (Lipinski definition) is 0. The van der Waals surface area contributed by atoms with Crippen molar-refractivity contribution in [1.29, 1.82) is 0 Å². The lowest BCUT2D eigenvalue weighted by Crippen LogP contribution is -2.24. The van der Waals surface area contributed by atoms with Crippen LogP contribution in [-0.4, -0.2) is 22.9 Å². The number of carbonyl (C=O) groups excluding carboxylic acids is 1. The van der Waals surface area contributed by atoms with Gasteiger partial charge < -0.3 is 4.90 Å². The second-order valence-corrected chi connectivity index (χ2v) is 4.52. The minimum atomic E-state index is -4.80. The van der Waals surface area contributed by atoms with Crippen LogP contribution in [0.3, 0.4) is 0 Å². The molecule has 0 bridgehead atoms. The van der Waals surface area contributed by atoms with Crippen LogP contribution in [0.5, 0.6) is 0 Å². The van der Waals surface area contributed by atoms with Crippen molar-refractivity contribution in [1.82, 2.24) is 4.98 Å². The van der Waals surface area contributed by atoms with Crippen LogP contribution in [0.4, 0.5) is 24.5 Å². The highest BCUT2D eigenvalue weighted by Gasteiger charge is 2.37. The maximum atomic E-state index is 13.1. The monoisotopic (exact) mass is 313 g/mol. The fraction of sp³-hybridized carbons (Fsp3) is 0.231. The number of aromatic nitrogens is 1. The number of benzene rings is 1. The van der Waals surface area contributed by atoms with Crippen LogP contribution in [0.1, 0.15) is 12.5 Å². The molecule has 1 heterocycles. The minimum absolute atomic E-state index is 0.110. The van der Waals surface area contributed by atoms with Crippen LogP contribution in [0.2, 0.25) is 0 Å². The van der Waals surface area contributed by atoms with E-state index in [0.29, 0.717) is 6.07 Å². The van der Waals surface area contributed by atoms with Gasteiger partial charge in [0.2, 0.25) is 5.91 Å². The quantitative estimate of drug-likeness (QED) is 0.630. The molecule has 116 valence electrons. The molecule has 9 heteroatoms. The first kappa shape index (κ1) is 15.7. The third kappa shape index (κ3) is 2.57. The molecule has 22 heavy (non-hydrogen) atoms. The van der Waals surface area contributed by atoms with Gasteiger partial charge in [-0.25, -0.2) is 0 Å². The SMILES string of the molecule is CC(=O)N(C)c1c([N+](=O)[O-])cc(C(F)(F)F)c2ncccc12. The Bertz CT molecular complexity index is 774. The fourth-order valence-electron chi connectivity index (χ4n) is 2.09. The third-order valence-electron chi connectivity index (χ3n) is 3.15. The van der Waals surface area contributed by atoms with Crippen LogP contribution in [-0.2, 0) is 11.0 Å². The average molecular weight is 313 g/mol. The number of anilines is 1. The number of nitrogens with zero attached hydrogens (tertiary/aromatic N) is 3. The Morgan fingerprint density at radius 3 is 2.55 bits per heavy atom. The molecule has 0 aliphatic carbocycles. The molecule has 0 saturated heterocycles. The second kappa shape index (κ2) is 5.24. The standard InChI is InChI=1S/C13H10F3N3O3/c1-7(20)18(2)12-8-4-3-5-17-11(8)9(13(14,15)16)6-10(12)19(21)22/h3-6H,1-2H3. The second-order valence-electron chi connectivity index (χ2n) is 4.52. The Labute approximate surface area is 122 Å². The molecule has 0 N–H and O–H groups in total. The van der Waals surface area contributed by atoms with Crippen molar-refractivity contribution in [3.05, 3.63) is 40.1 Å². The predicted octanol–water partition coefficient (Wildman–Crippen LogP) is 3.14. The maximum Gasteiger partial charge on any atom is 0.418 e. The summed E-state index contributed by atoms with van der Waals surface area (Å²) in [5, 5.41) is 11.0. The minimum Gasteiger partial charge on any atom is -0.309 e. The molecule has 0 spiro atoms. The molecule has 0 unspecified atom stereocenters. The van der Waals surface area contributed by atoms with Gasteiger partial charge in [0.1, 0.15) is 5.69 Å². The molecule has 0 radical (unpaired) electrons. The molecule has 1 aromatic carbocycles. The highest BCUT2D eigenvalue weighted by Crippen LogP contribution is 2.42. The summed E-state index contributed by atoms with van der Waals surface area (Å²) in [4.78, 5) is 26.3. The molecule has 0 atom stereocenters. The number of nitro groups is 1. The first-order valence-corrected chi connectivity index (χ1v) is 6.02. The highest BCUT2D eigenvalue weighted by molar-refractivity contribution is 6.06. The fourth-order valence-corrected chi connectivity index (χ4v) is 2.09. The molecular formula is C13H10F3N3O3. The van der Waals surface area contributed by atoms with Crippen LogP contribution < -0.4 is 4.90 Å². The van der Waals surface area contributed by atoms with Gasteiger partial charge in [0, 0.05) is 31.6 Å². The highest BCUT2D eigenvalue weighted by atomic mass is 19.4. The number of fused-ring (bicyclic) bond motifs is 1. The van der Waals surface area contributed by atoms with E-state index in [1.54, 1.807) is 0 Å². The van der Waals surface area contributed by atoms with Crippen molar-refractivity contribution in [3.63, 3.8) is 0 Å². The predicted molar refractivity (Wildman–Crippen MR) is 72.5 cm³/mol. The van der Waals surface area contributed by atoms with E-state index >= 15 is 0 Å². The van der Waals surface area contributed by atoms with Crippen molar-refractivity contribution < 1.29 is 22.9 Å². The Kier molecular flexibility index (Phi) is 3.74. The van der Waals surface area contributed by atoms with E-state index in [2.05, 4.69) is 4.98 Å². The van der Waals surface area contributed by atoms with Gasteiger partial charge in [0.25, 0.3) is 5.69 Å². The number of hydrogen-bond acceptors (Lipinski definition) is 4. The zero-order valence-electron chi connectivity index (χ0n) is 11.5. The Morgan fingerprint density at radius 1 is 1.41 bits per heavy atom. The van der Waals surface area contributed by atoms with E-state index in [1.807, 2.05) is 0 Å². The summed E-state index contributed by atoms with van der Waals surface area (Å²) < 4.78 is 39.3. The molecule has 0 saturated carbocycles. The molecule has 2 aromatic rings. The van der Waals surface area contributed by atoms with Crippen molar-refractivity contribution in [2.24, 2.45) is 0 Å². The lowest BCUT2D eigenvalue weighted by atomic mass is 10.0. The third-order valence-corrected chi connectivity index (χ3v) is 3.15. The van der Waals surface area contributed by atoms with E-state index in [1.165, 1.54) is 19.2 Å². The molecule has 6 nitrogen and oxygen atoms in total. The van der Waals surface area contributed by atoms with Gasteiger partial charge in [0.15, 0.2) is 0 Å². The van der Waals surface area contributed by atoms with Gasteiger partial charge >= 0.3 is 6.18 Å². The topological polar surface area (TPSA) is 76.3 Å². The molecule has 2 rings (SSSR count). The number of alkyl halides is 3. The van der Waals surface area contributed by atoms with Gasteiger partial charge in [-0.15, -0.1) is 0 Å². The number of halogens is 3. The smallest absolute Gasteiger partial charge is 0.309 e. The zero-order valence-corrected chi connectivity index (χ0v) is 11.5. The van der Waals surface area contributed by atoms with Gasteiger partial charge in [-0.3, -0.25) is 19.9 Å². The first-order chi connectivity index (χ1) is 10.1. The van der Waals surface area contributed by atoms with Crippen LogP contribution >= 0.6 is 0 Å². The zero-order chi connectivity index (χ0) is 16.7. The van der Waals surface area contributed by atoms with Crippen LogP contribution in [0, 0.1) is 10.1 Å². The number of pyridine rings is 1. The molecular weight excluding hydrogens is 303 g/mol. The van der Waals surface area contributed by atoms with Gasteiger partial charge in [-0.05, 0) is 12.1 Å². The van der Waals surface area contributed by atoms with E-state index in [-0.39, 0.29) is 11.1 Å². The number of amides is 1.